The Balaban J connectivity index is 2.18. The van der Waals surface area contributed by atoms with Crippen molar-refractivity contribution >= 4 is 32.1 Å². The number of aryl methyl sites for hydroxylation is 1. The fourth-order valence-corrected chi connectivity index (χ4v) is 12.0. The van der Waals surface area contributed by atoms with Gasteiger partial charge >= 0.3 is 0 Å². The summed E-state index contributed by atoms with van der Waals surface area (Å²) in [5.41, 5.74) is 12.7. The molecule has 0 radical (unpaired) electrons. The molecule has 2 aromatic carbocycles. The van der Waals surface area contributed by atoms with Crippen molar-refractivity contribution < 1.29 is 0 Å². The molecule has 0 nitrogen and oxygen atoms in total. The van der Waals surface area contributed by atoms with Crippen LogP contribution >= 0.6 is 0 Å². The molecule has 0 bridgehead atoms. The van der Waals surface area contributed by atoms with Gasteiger partial charge in [-0.15, -0.1) is 0 Å². The van der Waals surface area contributed by atoms with Gasteiger partial charge in [-0.25, -0.2) is 0 Å². The van der Waals surface area contributed by atoms with Crippen LogP contribution in [-0.4, -0.2) is 16.1 Å². The summed E-state index contributed by atoms with van der Waals surface area (Å²) in [6, 6.07) is 7.32. The monoisotopic (exact) mass is 430 g/mol. The van der Waals surface area contributed by atoms with Gasteiger partial charge in [0.1, 0.15) is 0 Å². The van der Waals surface area contributed by atoms with E-state index in [4.69, 9.17) is 0 Å². The third-order valence-electron chi connectivity index (χ3n) is 6.87. The summed E-state index contributed by atoms with van der Waals surface area (Å²) >= 11 is 0. The lowest BCUT2D eigenvalue weighted by atomic mass is 9.89. The molecule has 0 atom stereocenters. The van der Waals surface area contributed by atoms with Crippen molar-refractivity contribution in [2.75, 3.05) is 0 Å². The Morgan fingerprint density at radius 2 is 1.53 bits per heavy atom. The lowest BCUT2D eigenvalue weighted by Gasteiger charge is -2.35. The zero-order chi connectivity index (χ0) is 21.8. The van der Waals surface area contributed by atoms with Crippen LogP contribution in [-0.2, 0) is 19.3 Å². The molecule has 0 N–H and O–H groups in total. The number of hydrogen-bond donors (Lipinski definition) is 0. The SMILES string of the molecule is CCc1ccc2c(c1)Cc1c(C3=CC=CC3)c(CC)c([Si](C)(C)C)c([Si](C)(C)C)c1-2. The predicted molar refractivity (Wildman–Crippen MR) is 141 cm³/mol. The van der Waals surface area contributed by atoms with E-state index in [1.165, 1.54) is 11.1 Å². The number of fused-ring (bicyclic) bond motifs is 3. The molecule has 0 spiro atoms. The van der Waals surface area contributed by atoms with E-state index in [0.717, 1.165) is 25.7 Å². The smallest absolute Gasteiger partial charge is 0.0782 e. The van der Waals surface area contributed by atoms with Crippen LogP contribution in [0.25, 0.3) is 16.7 Å². The molecule has 4 rings (SSSR count). The molecule has 0 saturated heterocycles. The van der Waals surface area contributed by atoms with Crippen LogP contribution in [0.5, 0.6) is 0 Å². The maximum atomic E-state index is 2.57. The highest BCUT2D eigenvalue weighted by molar-refractivity contribution is 6.99. The predicted octanol–water partition coefficient (Wildman–Crippen LogP) is 6.82. The molecule has 0 aliphatic heterocycles. The van der Waals surface area contributed by atoms with Gasteiger partial charge in [-0.3, -0.25) is 0 Å². The zero-order valence-electron chi connectivity index (χ0n) is 20.3. The van der Waals surface area contributed by atoms with Crippen molar-refractivity contribution in [3.05, 3.63) is 64.2 Å². The van der Waals surface area contributed by atoms with E-state index in [-0.39, 0.29) is 0 Å². The molecule has 0 unspecified atom stereocenters. The van der Waals surface area contributed by atoms with Crippen LogP contribution in [0.3, 0.4) is 0 Å². The molecule has 2 aliphatic rings. The summed E-state index contributed by atoms with van der Waals surface area (Å²) in [5, 5.41) is 3.57. The van der Waals surface area contributed by atoms with Crippen molar-refractivity contribution in [1.82, 2.24) is 0 Å². The Kier molecular flexibility index (Phi) is 5.39. The van der Waals surface area contributed by atoms with E-state index in [9.17, 15) is 0 Å². The number of benzene rings is 2. The molecule has 0 amide bonds. The van der Waals surface area contributed by atoms with Crippen LogP contribution in [0.15, 0.2) is 36.4 Å². The third kappa shape index (κ3) is 3.42. The first-order chi connectivity index (χ1) is 14.1. The zero-order valence-corrected chi connectivity index (χ0v) is 22.3. The molecule has 0 heterocycles. The molecule has 0 aromatic heterocycles. The van der Waals surface area contributed by atoms with Gasteiger partial charge in [0.15, 0.2) is 0 Å². The van der Waals surface area contributed by atoms with E-state index in [2.05, 4.69) is 89.6 Å². The Bertz CT molecular complexity index is 1070. The van der Waals surface area contributed by atoms with Gasteiger partial charge in [0.25, 0.3) is 0 Å². The molecule has 2 aromatic rings. The second-order valence-electron chi connectivity index (χ2n) is 11.2. The van der Waals surface area contributed by atoms with Crippen LogP contribution in [0, 0.1) is 0 Å². The standard InChI is InChI=1S/C28H38Si2/c1-9-19-15-16-23-21(17-19)18-24-25(20-13-11-12-14-20)22(10-2)27(29(3,4)5)28(26(23)24)30(6,7)8/h11-13,15-17H,9-10,14,18H2,1-8H3. The average molecular weight is 431 g/mol. The van der Waals surface area contributed by atoms with E-state index in [1.54, 1.807) is 43.8 Å². The highest BCUT2D eigenvalue weighted by atomic mass is 28.3. The summed E-state index contributed by atoms with van der Waals surface area (Å²) in [6.45, 7) is 20.1. The summed E-state index contributed by atoms with van der Waals surface area (Å²) in [6.07, 6.45) is 11.4. The molecule has 2 aliphatic carbocycles. The van der Waals surface area contributed by atoms with Gasteiger partial charge in [-0.1, -0.05) is 99.9 Å². The minimum absolute atomic E-state index is 1.09. The molecule has 0 saturated carbocycles. The van der Waals surface area contributed by atoms with E-state index >= 15 is 0 Å². The van der Waals surface area contributed by atoms with Crippen molar-refractivity contribution in [3.63, 3.8) is 0 Å². The van der Waals surface area contributed by atoms with Crippen LogP contribution in [0.4, 0.5) is 0 Å². The van der Waals surface area contributed by atoms with Gasteiger partial charge in [0, 0.05) is 0 Å². The fourth-order valence-electron chi connectivity index (χ4n) is 5.73. The number of hydrogen-bond acceptors (Lipinski definition) is 0. The topological polar surface area (TPSA) is 0 Å². The quantitative estimate of drug-likeness (QED) is 0.390. The van der Waals surface area contributed by atoms with Gasteiger partial charge in [0.2, 0.25) is 0 Å². The second kappa shape index (κ2) is 7.49. The van der Waals surface area contributed by atoms with Crippen molar-refractivity contribution in [3.8, 4) is 11.1 Å². The first-order valence-electron chi connectivity index (χ1n) is 11.8. The maximum Gasteiger partial charge on any atom is 0.0782 e. The third-order valence-corrected chi connectivity index (χ3v) is 11.2. The first kappa shape index (κ1) is 21.6. The van der Waals surface area contributed by atoms with Gasteiger partial charge in [-0.2, -0.15) is 0 Å². The molecule has 158 valence electrons. The average Bonchev–Trinajstić information content (AvgIpc) is 3.31. The highest BCUT2D eigenvalue weighted by Gasteiger charge is 2.38. The Morgan fingerprint density at radius 3 is 2.07 bits per heavy atom. The van der Waals surface area contributed by atoms with Gasteiger partial charge < -0.3 is 0 Å². The van der Waals surface area contributed by atoms with Crippen LogP contribution in [0.1, 0.15) is 48.1 Å². The van der Waals surface area contributed by atoms with Gasteiger partial charge in [0.05, 0.1) is 16.1 Å². The highest BCUT2D eigenvalue weighted by Crippen LogP contribution is 2.43. The maximum absolute atomic E-state index is 2.57. The van der Waals surface area contributed by atoms with Crippen LogP contribution in [0.2, 0.25) is 39.3 Å². The van der Waals surface area contributed by atoms with Crippen molar-refractivity contribution in [1.29, 1.82) is 0 Å². The Hall–Kier alpha value is -1.65. The van der Waals surface area contributed by atoms with E-state index in [0.29, 0.717) is 0 Å². The molecular formula is C28H38Si2. The summed E-state index contributed by atoms with van der Waals surface area (Å²) in [5.74, 6) is 0. The molecular weight excluding hydrogens is 392 g/mol. The molecule has 0 fully saturated rings. The normalized spacial score (nSPS) is 15.4. The largest absolute Gasteiger partial charge is 0.0801 e. The Labute approximate surface area is 186 Å². The minimum atomic E-state index is -1.55. The summed E-state index contributed by atoms with van der Waals surface area (Å²) in [7, 11) is -3.08. The second-order valence-corrected chi connectivity index (χ2v) is 21.2. The van der Waals surface area contributed by atoms with E-state index in [1.807, 2.05) is 0 Å². The van der Waals surface area contributed by atoms with Gasteiger partial charge in [-0.05, 0) is 70.2 Å². The van der Waals surface area contributed by atoms with Crippen molar-refractivity contribution in [2.24, 2.45) is 0 Å². The molecule has 30 heavy (non-hydrogen) atoms. The Morgan fingerprint density at radius 1 is 0.833 bits per heavy atom. The lowest BCUT2D eigenvalue weighted by molar-refractivity contribution is 1.10. The summed E-state index contributed by atoms with van der Waals surface area (Å²) in [4.78, 5) is 0. The first-order valence-corrected chi connectivity index (χ1v) is 18.8. The minimum Gasteiger partial charge on any atom is -0.0801 e. The van der Waals surface area contributed by atoms with Crippen molar-refractivity contribution in [2.45, 2.75) is 78.8 Å². The molecule has 2 heteroatoms. The fraction of sp³-hybridized carbons (Fsp3) is 0.429. The number of allylic oxidation sites excluding steroid dienone is 4. The summed E-state index contributed by atoms with van der Waals surface area (Å²) < 4.78 is 0. The number of rotatable bonds is 5. The van der Waals surface area contributed by atoms with E-state index < -0.39 is 16.1 Å². The van der Waals surface area contributed by atoms with Crippen LogP contribution < -0.4 is 10.4 Å². The lowest BCUT2D eigenvalue weighted by Crippen LogP contribution is -2.59.